The highest BCUT2D eigenvalue weighted by Crippen LogP contribution is 2.18. The van der Waals surface area contributed by atoms with E-state index >= 15 is 0 Å². The van der Waals surface area contributed by atoms with Crippen molar-refractivity contribution in [3.8, 4) is 0 Å². The van der Waals surface area contributed by atoms with Crippen molar-refractivity contribution in [2.75, 3.05) is 7.11 Å². The maximum absolute atomic E-state index is 13.8. The molecule has 0 aliphatic rings. The van der Waals surface area contributed by atoms with Crippen LogP contribution in [0.2, 0.25) is 0 Å². The molecule has 0 spiro atoms. The molecule has 5 heteroatoms. The highest BCUT2D eigenvalue weighted by molar-refractivity contribution is 5.85. The normalized spacial score (nSPS) is 11.3. The lowest BCUT2D eigenvalue weighted by Crippen LogP contribution is -2.30. The average molecular weight is 310 g/mol. The van der Waals surface area contributed by atoms with Crippen molar-refractivity contribution in [2.24, 2.45) is 0 Å². The second-order valence-electron chi connectivity index (χ2n) is 4.34. The molecular weight excluding hydrogens is 293 g/mol. The molecule has 0 saturated carbocycles. The van der Waals surface area contributed by atoms with Gasteiger partial charge in [-0.1, -0.05) is 48.5 Å². The summed E-state index contributed by atoms with van der Waals surface area (Å²) >= 11 is 0. The molecule has 1 N–H and O–H groups in total. The van der Waals surface area contributed by atoms with Gasteiger partial charge in [-0.15, -0.1) is 12.4 Å². The van der Waals surface area contributed by atoms with Gasteiger partial charge in [0, 0.05) is 12.1 Å². The number of carbonyl (C=O) groups excluding carboxylic acids is 1. The van der Waals surface area contributed by atoms with E-state index in [0.29, 0.717) is 6.54 Å². The summed E-state index contributed by atoms with van der Waals surface area (Å²) in [4.78, 5) is 11.8. The van der Waals surface area contributed by atoms with E-state index in [4.69, 9.17) is 4.74 Å². The van der Waals surface area contributed by atoms with E-state index in [2.05, 4.69) is 5.32 Å². The molecular formula is C16H17ClFNO2. The van der Waals surface area contributed by atoms with Gasteiger partial charge in [-0.05, 0) is 11.6 Å². The molecule has 0 aliphatic carbocycles. The first-order valence-electron chi connectivity index (χ1n) is 6.32. The molecule has 1 atom stereocenters. The molecule has 0 saturated heterocycles. The Labute approximate surface area is 129 Å². The smallest absolute Gasteiger partial charge is 0.327 e. The van der Waals surface area contributed by atoms with Gasteiger partial charge in [0.25, 0.3) is 0 Å². The Morgan fingerprint density at radius 2 is 1.76 bits per heavy atom. The van der Waals surface area contributed by atoms with E-state index in [1.165, 1.54) is 13.2 Å². The first-order chi connectivity index (χ1) is 9.72. The highest BCUT2D eigenvalue weighted by atomic mass is 35.5. The number of nitrogens with one attached hydrogen (secondary N) is 1. The molecule has 3 nitrogen and oxygen atoms in total. The first-order valence-corrected chi connectivity index (χ1v) is 6.32. The van der Waals surface area contributed by atoms with Gasteiger partial charge < -0.3 is 4.74 Å². The number of benzene rings is 2. The number of carbonyl (C=O) groups is 1. The maximum Gasteiger partial charge on any atom is 0.327 e. The van der Waals surface area contributed by atoms with Crippen LogP contribution < -0.4 is 5.32 Å². The van der Waals surface area contributed by atoms with Crippen LogP contribution in [-0.2, 0) is 16.1 Å². The van der Waals surface area contributed by atoms with E-state index < -0.39 is 17.8 Å². The third-order valence-electron chi connectivity index (χ3n) is 3.01. The SMILES string of the molecule is COC(=O)C(NCc1ccccc1)c1ccccc1F.Cl. The molecule has 2 aromatic rings. The minimum absolute atomic E-state index is 0. The molecule has 21 heavy (non-hydrogen) atoms. The van der Waals surface area contributed by atoms with Crippen LogP contribution in [0.4, 0.5) is 4.39 Å². The van der Waals surface area contributed by atoms with Crippen LogP contribution in [0.25, 0.3) is 0 Å². The second kappa shape index (κ2) is 8.39. The van der Waals surface area contributed by atoms with Crippen LogP contribution in [0.5, 0.6) is 0 Å². The Morgan fingerprint density at radius 3 is 2.38 bits per heavy atom. The summed E-state index contributed by atoms with van der Waals surface area (Å²) < 4.78 is 18.6. The number of hydrogen-bond acceptors (Lipinski definition) is 3. The minimum Gasteiger partial charge on any atom is -0.468 e. The van der Waals surface area contributed by atoms with Crippen molar-refractivity contribution in [3.05, 3.63) is 71.5 Å². The molecule has 0 heterocycles. The molecule has 0 aromatic heterocycles. The topological polar surface area (TPSA) is 38.3 Å². The molecule has 0 bridgehead atoms. The summed E-state index contributed by atoms with van der Waals surface area (Å²) in [6.45, 7) is 0.453. The van der Waals surface area contributed by atoms with Crippen molar-refractivity contribution in [1.82, 2.24) is 5.32 Å². The van der Waals surface area contributed by atoms with E-state index in [0.717, 1.165) is 5.56 Å². The van der Waals surface area contributed by atoms with Crippen LogP contribution in [0.3, 0.4) is 0 Å². The summed E-state index contributed by atoms with van der Waals surface area (Å²) in [7, 11) is 1.29. The van der Waals surface area contributed by atoms with Gasteiger partial charge in [0.15, 0.2) is 0 Å². The summed E-state index contributed by atoms with van der Waals surface area (Å²) in [5.74, 6) is -0.936. The zero-order chi connectivity index (χ0) is 14.4. The Balaban J connectivity index is 0.00000220. The largest absolute Gasteiger partial charge is 0.468 e. The van der Waals surface area contributed by atoms with Gasteiger partial charge in [0.05, 0.1) is 7.11 Å². The molecule has 0 fully saturated rings. The van der Waals surface area contributed by atoms with Crippen molar-refractivity contribution in [3.63, 3.8) is 0 Å². The second-order valence-corrected chi connectivity index (χ2v) is 4.34. The molecule has 112 valence electrons. The lowest BCUT2D eigenvalue weighted by molar-refractivity contribution is -0.143. The summed E-state index contributed by atoms with van der Waals surface area (Å²) in [5, 5.41) is 3.03. The van der Waals surface area contributed by atoms with Crippen LogP contribution >= 0.6 is 12.4 Å². The summed E-state index contributed by atoms with van der Waals surface area (Å²) in [6, 6.07) is 15.0. The van der Waals surface area contributed by atoms with Crippen molar-refractivity contribution < 1.29 is 13.9 Å². The van der Waals surface area contributed by atoms with Gasteiger partial charge in [0.2, 0.25) is 0 Å². The van der Waals surface area contributed by atoms with Crippen LogP contribution in [0, 0.1) is 5.82 Å². The lowest BCUT2D eigenvalue weighted by Gasteiger charge is -2.17. The van der Waals surface area contributed by atoms with Crippen molar-refractivity contribution in [1.29, 1.82) is 0 Å². The van der Waals surface area contributed by atoms with Crippen molar-refractivity contribution in [2.45, 2.75) is 12.6 Å². The highest BCUT2D eigenvalue weighted by Gasteiger charge is 2.23. The number of rotatable bonds is 5. The minimum atomic E-state index is -0.818. The fourth-order valence-electron chi connectivity index (χ4n) is 1.96. The van der Waals surface area contributed by atoms with Crippen LogP contribution in [0.1, 0.15) is 17.2 Å². The lowest BCUT2D eigenvalue weighted by atomic mass is 10.1. The number of methoxy groups -OCH3 is 1. The van der Waals surface area contributed by atoms with E-state index in [9.17, 15) is 9.18 Å². The molecule has 0 aliphatic heterocycles. The van der Waals surface area contributed by atoms with Gasteiger partial charge in [0.1, 0.15) is 11.9 Å². The molecule has 0 radical (unpaired) electrons. The maximum atomic E-state index is 13.8. The molecule has 0 amide bonds. The molecule has 1 unspecified atom stereocenters. The van der Waals surface area contributed by atoms with Crippen LogP contribution in [0.15, 0.2) is 54.6 Å². The van der Waals surface area contributed by atoms with Crippen LogP contribution in [-0.4, -0.2) is 13.1 Å². The monoisotopic (exact) mass is 309 g/mol. The predicted molar refractivity (Wildman–Crippen MR) is 81.7 cm³/mol. The molecule has 2 rings (SSSR count). The fraction of sp³-hybridized carbons (Fsp3) is 0.188. The number of ether oxygens (including phenoxy) is 1. The van der Waals surface area contributed by atoms with E-state index in [1.54, 1.807) is 18.2 Å². The van der Waals surface area contributed by atoms with Gasteiger partial charge in [-0.2, -0.15) is 0 Å². The van der Waals surface area contributed by atoms with Crippen molar-refractivity contribution >= 4 is 18.4 Å². The third-order valence-corrected chi connectivity index (χ3v) is 3.01. The Bertz CT molecular complexity index is 577. The van der Waals surface area contributed by atoms with E-state index in [1.807, 2.05) is 30.3 Å². The number of esters is 1. The Kier molecular flexibility index (Phi) is 6.85. The predicted octanol–water partition coefficient (Wildman–Crippen LogP) is 3.25. The average Bonchev–Trinajstić information content (AvgIpc) is 2.50. The fourth-order valence-corrected chi connectivity index (χ4v) is 1.96. The first kappa shape index (κ1) is 17.1. The zero-order valence-electron chi connectivity index (χ0n) is 11.6. The number of hydrogen-bond donors (Lipinski definition) is 1. The summed E-state index contributed by atoms with van der Waals surface area (Å²) in [5.41, 5.74) is 1.30. The zero-order valence-corrected chi connectivity index (χ0v) is 12.4. The van der Waals surface area contributed by atoms with Gasteiger partial charge in [-0.3, -0.25) is 5.32 Å². The number of halogens is 2. The standard InChI is InChI=1S/C16H16FNO2.ClH/c1-20-16(19)15(13-9-5-6-10-14(13)17)18-11-12-7-3-2-4-8-12;/h2-10,15,18H,11H2,1H3;1H. The van der Waals surface area contributed by atoms with Gasteiger partial charge >= 0.3 is 5.97 Å². The Morgan fingerprint density at radius 1 is 1.14 bits per heavy atom. The molecule has 2 aromatic carbocycles. The Hall–Kier alpha value is -1.91. The third kappa shape index (κ3) is 4.55. The summed E-state index contributed by atoms with van der Waals surface area (Å²) in [6.07, 6.45) is 0. The van der Waals surface area contributed by atoms with E-state index in [-0.39, 0.29) is 18.0 Å². The van der Waals surface area contributed by atoms with Gasteiger partial charge in [-0.25, -0.2) is 9.18 Å². The quantitative estimate of drug-likeness (QED) is 0.862.